The van der Waals surface area contributed by atoms with Gasteiger partial charge < -0.3 is 15.2 Å². The summed E-state index contributed by atoms with van der Waals surface area (Å²) in [6.45, 7) is 1.96. The summed E-state index contributed by atoms with van der Waals surface area (Å²) in [6.07, 6.45) is 3.10. The van der Waals surface area contributed by atoms with E-state index in [0.717, 1.165) is 30.7 Å². The van der Waals surface area contributed by atoms with Crippen LogP contribution in [0.2, 0.25) is 0 Å². The number of nitrogens with zero attached hydrogens (tertiary/aromatic N) is 2. The lowest BCUT2D eigenvalue weighted by molar-refractivity contribution is -0.127. The van der Waals surface area contributed by atoms with Gasteiger partial charge in [0.15, 0.2) is 0 Å². The van der Waals surface area contributed by atoms with Crippen molar-refractivity contribution in [3.8, 4) is 0 Å². The van der Waals surface area contributed by atoms with Crippen LogP contribution in [-0.4, -0.2) is 34.4 Å². The third-order valence-corrected chi connectivity index (χ3v) is 5.94. The van der Waals surface area contributed by atoms with Crippen LogP contribution >= 0.6 is 0 Å². The fourth-order valence-electron chi connectivity index (χ4n) is 4.62. The number of aromatic amines is 1. The second-order valence-electron chi connectivity index (χ2n) is 8.10. The monoisotopic (exact) mass is 416 g/mol. The molecule has 1 saturated heterocycles. The van der Waals surface area contributed by atoms with Crippen LogP contribution in [0.1, 0.15) is 48.4 Å². The zero-order valence-electron chi connectivity index (χ0n) is 16.5. The molecule has 1 aliphatic heterocycles. The van der Waals surface area contributed by atoms with Gasteiger partial charge in [-0.2, -0.15) is 0 Å². The van der Waals surface area contributed by atoms with Crippen molar-refractivity contribution in [2.75, 3.05) is 11.4 Å². The quantitative estimate of drug-likeness (QED) is 0.804. The van der Waals surface area contributed by atoms with Crippen molar-refractivity contribution < 1.29 is 18.4 Å². The fraction of sp³-hybridized carbons (Fsp3) is 0.429. The molecule has 2 heterocycles. The van der Waals surface area contributed by atoms with E-state index in [9.17, 15) is 23.2 Å². The molecule has 1 aliphatic carbocycles. The number of halogens is 2. The van der Waals surface area contributed by atoms with Crippen LogP contribution in [0.4, 0.5) is 14.5 Å². The third-order valence-electron chi connectivity index (χ3n) is 5.94. The summed E-state index contributed by atoms with van der Waals surface area (Å²) < 4.78 is 27.2. The molecule has 30 heavy (non-hydrogen) atoms. The second-order valence-corrected chi connectivity index (χ2v) is 8.10. The Kier molecular flexibility index (Phi) is 5.13. The molecule has 1 aromatic heterocycles. The number of amides is 2. The van der Waals surface area contributed by atoms with Crippen LogP contribution in [0, 0.1) is 24.0 Å². The number of anilines is 1. The number of aryl methyl sites for hydroxylation is 1. The SMILES string of the molecule is Cc1nc(C(=O)N[C@@H]2CCC[C@@]3(CCN(c4cc(F)cc(F)c4)C3=O)C2)cc(=O)[nH]1. The van der Waals surface area contributed by atoms with Crippen molar-refractivity contribution in [2.45, 2.75) is 45.1 Å². The largest absolute Gasteiger partial charge is 0.348 e. The highest BCUT2D eigenvalue weighted by atomic mass is 19.1. The summed E-state index contributed by atoms with van der Waals surface area (Å²) in [6, 6.07) is 3.98. The molecule has 1 aromatic carbocycles. The van der Waals surface area contributed by atoms with Crippen LogP contribution < -0.4 is 15.8 Å². The van der Waals surface area contributed by atoms with E-state index in [1.807, 2.05) is 0 Å². The Labute approximate surface area is 171 Å². The molecule has 0 unspecified atom stereocenters. The maximum absolute atomic E-state index is 13.6. The Bertz CT molecular complexity index is 1050. The van der Waals surface area contributed by atoms with Crippen molar-refractivity contribution in [3.63, 3.8) is 0 Å². The maximum atomic E-state index is 13.6. The number of benzene rings is 1. The van der Waals surface area contributed by atoms with Gasteiger partial charge in [-0.05, 0) is 44.7 Å². The minimum absolute atomic E-state index is 0.0329. The Balaban J connectivity index is 1.50. The third kappa shape index (κ3) is 3.83. The molecule has 9 heteroatoms. The minimum Gasteiger partial charge on any atom is -0.348 e. The highest BCUT2D eigenvalue weighted by Gasteiger charge is 2.49. The molecule has 0 radical (unpaired) electrons. The summed E-state index contributed by atoms with van der Waals surface area (Å²) in [5, 5.41) is 2.89. The van der Waals surface area contributed by atoms with E-state index in [-0.39, 0.29) is 23.3 Å². The molecule has 2 fully saturated rings. The molecule has 158 valence electrons. The number of hydrogen-bond acceptors (Lipinski definition) is 4. The average molecular weight is 416 g/mol. The molecule has 2 aromatic rings. The van der Waals surface area contributed by atoms with Gasteiger partial charge in [0.05, 0.1) is 5.41 Å². The first-order chi connectivity index (χ1) is 14.3. The summed E-state index contributed by atoms with van der Waals surface area (Å²) in [5.41, 5.74) is -0.831. The van der Waals surface area contributed by atoms with Crippen molar-refractivity contribution >= 4 is 17.5 Å². The Morgan fingerprint density at radius 3 is 2.63 bits per heavy atom. The van der Waals surface area contributed by atoms with Gasteiger partial charge in [0.1, 0.15) is 23.2 Å². The lowest BCUT2D eigenvalue weighted by Crippen LogP contribution is -2.46. The lowest BCUT2D eigenvalue weighted by atomic mass is 9.71. The molecule has 2 aliphatic rings. The van der Waals surface area contributed by atoms with Gasteiger partial charge in [-0.3, -0.25) is 14.4 Å². The van der Waals surface area contributed by atoms with E-state index in [4.69, 9.17) is 0 Å². The first-order valence-corrected chi connectivity index (χ1v) is 9.93. The summed E-state index contributed by atoms with van der Waals surface area (Å²) >= 11 is 0. The van der Waals surface area contributed by atoms with E-state index in [0.29, 0.717) is 38.1 Å². The van der Waals surface area contributed by atoms with E-state index in [1.54, 1.807) is 6.92 Å². The Hall–Kier alpha value is -3.10. The van der Waals surface area contributed by atoms with Crippen molar-refractivity contribution in [1.82, 2.24) is 15.3 Å². The average Bonchev–Trinajstić information content (AvgIpc) is 2.96. The van der Waals surface area contributed by atoms with Crippen molar-refractivity contribution in [1.29, 1.82) is 0 Å². The van der Waals surface area contributed by atoms with Crippen LogP contribution in [0.25, 0.3) is 0 Å². The van der Waals surface area contributed by atoms with E-state index >= 15 is 0 Å². The first kappa shape index (κ1) is 20.2. The predicted octanol–water partition coefficient (Wildman–Crippen LogP) is 2.45. The second kappa shape index (κ2) is 7.62. The van der Waals surface area contributed by atoms with Gasteiger partial charge >= 0.3 is 0 Å². The maximum Gasteiger partial charge on any atom is 0.270 e. The topological polar surface area (TPSA) is 95.2 Å². The Morgan fingerprint density at radius 1 is 1.20 bits per heavy atom. The van der Waals surface area contributed by atoms with Gasteiger partial charge in [-0.1, -0.05) is 6.42 Å². The molecule has 0 bridgehead atoms. The molecule has 1 saturated carbocycles. The molecule has 2 amide bonds. The summed E-state index contributed by atoms with van der Waals surface area (Å²) in [7, 11) is 0. The number of nitrogens with one attached hydrogen (secondary N) is 2. The highest BCUT2D eigenvalue weighted by molar-refractivity contribution is 6.00. The van der Waals surface area contributed by atoms with Gasteiger partial charge in [0.2, 0.25) is 5.91 Å². The number of aromatic nitrogens is 2. The summed E-state index contributed by atoms with van der Waals surface area (Å²) in [4.78, 5) is 45.3. The minimum atomic E-state index is -0.729. The normalized spacial score (nSPS) is 23.8. The van der Waals surface area contributed by atoms with Gasteiger partial charge in [-0.15, -0.1) is 0 Å². The number of carbonyl (C=O) groups is 2. The van der Waals surface area contributed by atoms with E-state index in [2.05, 4.69) is 15.3 Å². The molecule has 2 atom stereocenters. The van der Waals surface area contributed by atoms with Crippen molar-refractivity contribution in [2.24, 2.45) is 5.41 Å². The molecule has 1 spiro atoms. The summed E-state index contributed by atoms with van der Waals surface area (Å²) in [5.74, 6) is -1.74. The molecule has 2 N–H and O–H groups in total. The number of carbonyl (C=O) groups excluding carboxylic acids is 2. The zero-order valence-corrected chi connectivity index (χ0v) is 16.5. The molecular weight excluding hydrogens is 394 g/mol. The van der Waals surface area contributed by atoms with Crippen LogP contribution in [-0.2, 0) is 4.79 Å². The van der Waals surface area contributed by atoms with E-state index in [1.165, 1.54) is 4.90 Å². The van der Waals surface area contributed by atoms with E-state index < -0.39 is 28.5 Å². The van der Waals surface area contributed by atoms with Crippen LogP contribution in [0.3, 0.4) is 0 Å². The van der Waals surface area contributed by atoms with Crippen molar-refractivity contribution in [3.05, 3.63) is 57.8 Å². The predicted molar refractivity (Wildman–Crippen MR) is 105 cm³/mol. The van der Waals surface area contributed by atoms with Gasteiger partial charge in [-0.25, -0.2) is 13.8 Å². The fourth-order valence-corrected chi connectivity index (χ4v) is 4.62. The van der Waals surface area contributed by atoms with Gasteiger partial charge in [0, 0.05) is 30.4 Å². The molecular formula is C21H22F2N4O3. The lowest BCUT2D eigenvalue weighted by Gasteiger charge is -2.36. The standard InChI is InChI=1S/C21H22F2N4O3/c1-12-24-17(10-18(28)25-12)19(29)26-15-3-2-4-21(11-15)5-6-27(20(21)30)16-8-13(22)7-14(23)9-16/h7-10,15H,2-6,11H2,1H3,(H,26,29)(H,24,25,28)/t15-,21-/m1/s1. The highest BCUT2D eigenvalue weighted by Crippen LogP contribution is 2.46. The van der Waals surface area contributed by atoms with Crippen LogP contribution in [0.5, 0.6) is 0 Å². The molecule has 7 nitrogen and oxygen atoms in total. The van der Waals surface area contributed by atoms with Crippen LogP contribution in [0.15, 0.2) is 29.1 Å². The first-order valence-electron chi connectivity index (χ1n) is 9.93. The number of rotatable bonds is 3. The number of hydrogen-bond donors (Lipinski definition) is 2. The van der Waals surface area contributed by atoms with Gasteiger partial charge in [0.25, 0.3) is 11.5 Å². The number of H-pyrrole nitrogens is 1. The Morgan fingerprint density at radius 2 is 1.93 bits per heavy atom. The molecule has 4 rings (SSSR count). The zero-order chi connectivity index (χ0) is 21.5. The smallest absolute Gasteiger partial charge is 0.270 e.